The summed E-state index contributed by atoms with van der Waals surface area (Å²) >= 11 is 0. The lowest BCUT2D eigenvalue weighted by atomic mass is 10.1. The van der Waals surface area contributed by atoms with Gasteiger partial charge in [0.2, 0.25) is 0 Å². The minimum Gasteiger partial charge on any atom is -0.493 e. The molecule has 0 saturated heterocycles. The lowest BCUT2D eigenvalue weighted by molar-refractivity contribution is 0.280. The molecule has 0 radical (unpaired) electrons. The molecule has 3 heteroatoms. The Morgan fingerprint density at radius 1 is 1.25 bits per heavy atom. The molecule has 0 atom stereocenters. The van der Waals surface area contributed by atoms with E-state index < -0.39 is 0 Å². The van der Waals surface area contributed by atoms with Crippen molar-refractivity contribution >= 4 is 5.69 Å². The van der Waals surface area contributed by atoms with Crippen LogP contribution in [0.4, 0.5) is 5.69 Å². The summed E-state index contributed by atoms with van der Waals surface area (Å²) in [6.07, 6.45) is 2.24. The maximum absolute atomic E-state index is 5.66. The first-order valence-electron chi connectivity index (χ1n) is 5.69. The standard InChI is InChI=1S/C13H21NO2/c1-10(2)5-4-8-16-12-7-6-11(14)9-13(12)15-3/h6-7,9-10H,4-5,8,14H2,1-3H3. The number of nitrogen functional groups attached to an aromatic ring is 1. The molecule has 2 N–H and O–H groups in total. The van der Waals surface area contributed by atoms with Crippen molar-refractivity contribution in [2.45, 2.75) is 26.7 Å². The highest BCUT2D eigenvalue weighted by Crippen LogP contribution is 2.29. The zero-order valence-electron chi connectivity index (χ0n) is 10.3. The number of anilines is 1. The van der Waals surface area contributed by atoms with Crippen LogP contribution in [0.15, 0.2) is 18.2 Å². The fourth-order valence-electron chi connectivity index (χ4n) is 1.48. The van der Waals surface area contributed by atoms with Crippen molar-refractivity contribution in [1.82, 2.24) is 0 Å². The van der Waals surface area contributed by atoms with E-state index in [2.05, 4.69) is 13.8 Å². The molecular formula is C13H21NO2. The predicted octanol–water partition coefficient (Wildman–Crippen LogP) is 3.09. The van der Waals surface area contributed by atoms with E-state index in [4.69, 9.17) is 15.2 Å². The van der Waals surface area contributed by atoms with E-state index in [-0.39, 0.29) is 0 Å². The van der Waals surface area contributed by atoms with Crippen LogP contribution in [-0.4, -0.2) is 13.7 Å². The predicted molar refractivity (Wildman–Crippen MR) is 67.0 cm³/mol. The SMILES string of the molecule is COc1cc(N)ccc1OCCCC(C)C. The molecule has 1 aromatic rings. The van der Waals surface area contributed by atoms with Crippen LogP contribution in [0.3, 0.4) is 0 Å². The molecule has 0 heterocycles. The van der Waals surface area contributed by atoms with Crippen LogP contribution in [-0.2, 0) is 0 Å². The smallest absolute Gasteiger partial charge is 0.162 e. The van der Waals surface area contributed by atoms with Crippen molar-refractivity contribution in [2.24, 2.45) is 5.92 Å². The van der Waals surface area contributed by atoms with Gasteiger partial charge in [-0.05, 0) is 30.9 Å². The minimum atomic E-state index is 0.686. The van der Waals surface area contributed by atoms with Crippen LogP contribution in [0.5, 0.6) is 11.5 Å². The van der Waals surface area contributed by atoms with E-state index in [0.717, 1.165) is 24.7 Å². The number of ether oxygens (including phenoxy) is 2. The first kappa shape index (κ1) is 12.7. The number of nitrogens with two attached hydrogens (primary N) is 1. The van der Waals surface area contributed by atoms with Crippen LogP contribution in [0.25, 0.3) is 0 Å². The molecule has 0 aliphatic rings. The van der Waals surface area contributed by atoms with Crippen LogP contribution in [0.1, 0.15) is 26.7 Å². The Labute approximate surface area is 97.6 Å². The number of hydrogen-bond acceptors (Lipinski definition) is 3. The van der Waals surface area contributed by atoms with Gasteiger partial charge in [0.1, 0.15) is 0 Å². The Bertz CT molecular complexity index is 324. The van der Waals surface area contributed by atoms with Gasteiger partial charge in [0.05, 0.1) is 13.7 Å². The zero-order valence-corrected chi connectivity index (χ0v) is 10.3. The third kappa shape index (κ3) is 4.01. The van der Waals surface area contributed by atoms with E-state index in [1.54, 1.807) is 13.2 Å². The average Bonchev–Trinajstić information content (AvgIpc) is 2.25. The summed E-state index contributed by atoms with van der Waals surface area (Å²) in [5.41, 5.74) is 6.35. The molecule has 0 bridgehead atoms. The quantitative estimate of drug-likeness (QED) is 0.595. The molecule has 16 heavy (non-hydrogen) atoms. The van der Waals surface area contributed by atoms with E-state index in [0.29, 0.717) is 11.4 Å². The molecular weight excluding hydrogens is 202 g/mol. The van der Waals surface area contributed by atoms with Crippen LogP contribution < -0.4 is 15.2 Å². The molecule has 0 saturated carbocycles. The van der Waals surface area contributed by atoms with Crippen molar-refractivity contribution in [3.05, 3.63) is 18.2 Å². The first-order chi connectivity index (χ1) is 7.63. The van der Waals surface area contributed by atoms with Gasteiger partial charge in [-0.3, -0.25) is 0 Å². The summed E-state index contributed by atoms with van der Waals surface area (Å²) in [6, 6.07) is 5.45. The van der Waals surface area contributed by atoms with Gasteiger partial charge in [-0.2, -0.15) is 0 Å². The largest absolute Gasteiger partial charge is 0.493 e. The Hall–Kier alpha value is -1.38. The van der Waals surface area contributed by atoms with Crippen molar-refractivity contribution in [2.75, 3.05) is 19.5 Å². The molecule has 0 aromatic heterocycles. The zero-order chi connectivity index (χ0) is 12.0. The summed E-state index contributed by atoms with van der Waals surface area (Å²) in [5, 5.41) is 0. The number of benzene rings is 1. The minimum absolute atomic E-state index is 0.686. The molecule has 1 rings (SSSR count). The molecule has 90 valence electrons. The van der Waals surface area contributed by atoms with Crippen molar-refractivity contribution in [3.63, 3.8) is 0 Å². The van der Waals surface area contributed by atoms with Gasteiger partial charge in [-0.1, -0.05) is 13.8 Å². The van der Waals surface area contributed by atoms with Gasteiger partial charge in [0.15, 0.2) is 11.5 Å². The van der Waals surface area contributed by atoms with E-state index >= 15 is 0 Å². The molecule has 0 aliphatic carbocycles. The van der Waals surface area contributed by atoms with Crippen LogP contribution in [0, 0.1) is 5.92 Å². The molecule has 3 nitrogen and oxygen atoms in total. The second-order valence-electron chi connectivity index (χ2n) is 4.29. The maximum atomic E-state index is 5.66. The highest BCUT2D eigenvalue weighted by molar-refractivity contribution is 5.51. The molecule has 0 fully saturated rings. The molecule has 0 spiro atoms. The Morgan fingerprint density at radius 3 is 2.62 bits per heavy atom. The molecule has 0 aliphatic heterocycles. The summed E-state index contributed by atoms with van der Waals surface area (Å²) in [5.74, 6) is 2.18. The van der Waals surface area contributed by atoms with Crippen molar-refractivity contribution in [3.8, 4) is 11.5 Å². The molecule has 0 unspecified atom stereocenters. The topological polar surface area (TPSA) is 44.5 Å². The summed E-state index contributed by atoms with van der Waals surface area (Å²) < 4.78 is 10.9. The van der Waals surface area contributed by atoms with E-state index in [9.17, 15) is 0 Å². The summed E-state index contributed by atoms with van der Waals surface area (Å²) in [6.45, 7) is 5.14. The van der Waals surface area contributed by atoms with Gasteiger partial charge in [-0.25, -0.2) is 0 Å². The van der Waals surface area contributed by atoms with Crippen molar-refractivity contribution < 1.29 is 9.47 Å². The average molecular weight is 223 g/mol. The third-order valence-corrected chi connectivity index (χ3v) is 2.37. The maximum Gasteiger partial charge on any atom is 0.162 e. The van der Waals surface area contributed by atoms with Gasteiger partial charge in [-0.15, -0.1) is 0 Å². The number of methoxy groups -OCH3 is 1. The van der Waals surface area contributed by atoms with E-state index in [1.165, 1.54) is 6.42 Å². The lowest BCUT2D eigenvalue weighted by Gasteiger charge is -2.11. The fraction of sp³-hybridized carbons (Fsp3) is 0.538. The highest BCUT2D eigenvalue weighted by atomic mass is 16.5. The van der Waals surface area contributed by atoms with Gasteiger partial charge in [0.25, 0.3) is 0 Å². The Kier molecular flexibility index (Phi) is 4.96. The number of rotatable bonds is 6. The number of hydrogen-bond donors (Lipinski definition) is 1. The first-order valence-corrected chi connectivity index (χ1v) is 5.69. The molecule has 0 amide bonds. The lowest BCUT2D eigenvalue weighted by Crippen LogP contribution is -2.01. The second-order valence-corrected chi connectivity index (χ2v) is 4.29. The molecule has 1 aromatic carbocycles. The Balaban J connectivity index is 2.47. The van der Waals surface area contributed by atoms with Gasteiger partial charge in [0, 0.05) is 11.8 Å². The van der Waals surface area contributed by atoms with Crippen molar-refractivity contribution in [1.29, 1.82) is 0 Å². The van der Waals surface area contributed by atoms with Crippen LogP contribution in [0.2, 0.25) is 0 Å². The fourth-order valence-corrected chi connectivity index (χ4v) is 1.48. The normalized spacial score (nSPS) is 10.5. The van der Waals surface area contributed by atoms with Gasteiger partial charge < -0.3 is 15.2 Å². The summed E-state index contributed by atoms with van der Waals surface area (Å²) in [7, 11) is 1.62. The Morgan fingerprint density at radius 2 is 2.00 bits per heavy atom. The highest BCUT2D eigenvalue weighted by Gasteiger charge is 2.04. The third-order valence-electron chi connectivity index (χ3n) is 2.37. The van der Waals surface area contributed by atoms with Crippen LogP contribution >= 0.6 is 0 Å². The summed E-state index contributed by atoms with van der Waals surface area (Å²) in [4.78, 5) is 0. The monoisotopic (exact) mass is 223 g/mol. The van der Waals surface area contributed by atoms with Gasteiger partial charge >= 0.3 is 0 Å². The van der Waals surface area contributed by atoms with E-state index in [1.807, 2.05) is 12.1 Å². The second kappa shape index (κ2) is 6.26.